The quantitative estimate of drug-likeness (QED) is 0.327. The maximum absolute atomic E-state index is 13.1. The van der Waals surface area contributed by atoms with Crippen molar-refractivity contribution in [2.24, 2.45) is 39.9 Å². The summed E-state index contributed by atoms with van der Waals surface area (Å²) >= 11 is 0. The van der Waals surface area contributed by atoms with Crippen molar-refractivity contribution >= 4 is 28.5 Å². The van der Waals surface area contributed by atoms with Crippen molar-refractivity contribution in [2.75, 3.05) is 51.3 Å². The Balaban J connectivity index is 0.000000174. The number of aromatic nitrogens is 2. The van der Waals surface area contributed by atoms with Gasteiger partial charge in [0, 0.05) is 56.0 Å². The highest BCUT2D eigenvalue weighted by Gasteiger charge is 2.68. The first kappa shape index (κ1) is 36.0. The van der Waals surface area contributed by atoms with Crippen LogP contribution in [0, 0.1) is 39.9 Å². The second-order valence-corrected chi connectivity index (χ2v) is 16.2. The van der Waals surface area contributed by atoms with Crippen molar-refractivity contribution < 1.29 is 19.4 Å². The number of fused-ring (bicyclic) bond motifs is 6. The van der Waals surface area contributed by atoms with Crippen LogP contribution >= 0.6 is 0 Å². The average molecular weight is 673 g/mol. The first-order valence-electron chi connectivity index (χ1n) is 19.0. The van der Waals surface area contributed by atoms with E-state index in [1.165, 1.54) is 17.5 Å². The van der Waals surface area contributed by atoms with Gasteiger partial charge in [0.15, 0.2) is 5.78 Å². The number of likely N-dealkylation sites (N-methyl/N-ethyl adjacent to an activating group) is 1. The number of carbonyl (C=O) groups excluding carboxylic acids is 2. The second kappa shape index (κ2) is 14.1. The van der Waals surface area contributed by atoms with Gasteiger partial charge in [-0.1, -0.05) is 58.4 Å². The minimum absolute atomic E-state index is 0.0756. The molecule has 1 saturated heterocycles. The smallest absolute Gasteiger partial charge is 0.206 e. The average Bonchev–Trinajstić information content (AvgIpc) is 3.43. The van der Waals surface area contributed by atoms with Crippen LogP contribution in [0.5, 0.6) is 0 Å². The number of rotatable bonds is 7. The molecule has 2 aromatic rings. The summed E-state index contributed by atoms with van der Waals surface area (Å²) in [5.41, 5.74) is 2.74. The molecule has 0 unspecified atom stereocenters. The second-order valence-electron chi connectivity index (χ2n) is 16.2. The van der Waals surface area contributed by atoms with E-state index in [0.717, 1.165) is 76.7 Å². The molecule has 1 aromatic carbocycles. The normalized spacial score (nSPS) is 35.9. The molecule has 8 atom stereocenters. The van der Waals surface area contributed by atoms with Crippen LogP contribution in [0.2, 0.25) is 0 Å². The number of hydrogen-bond acceptors (Lipinski definition) is 7. The van der Waals surface area contributed by atoms with E-state index in [-0.39, 0.29) is 27.9 Å². The van der Waals surface area contributed by atoms with Gasteiger partial charge in [0.2, 0.25) is 5.95 Å². The predicted octanol–water partition coefficient (Wildman–Crippen LogP) is 6.71. The van der Waals surface area contributed by atoms with Gasteiger partial charge in [0.05, 0.1) is 23.7 Å². The summed E-state index contributed by atoms with van der Waals surface area (Å²) in [5, 5.41) is 11.4. The molecule has 3 saturated carbocycles. The SMILES string of the molecule is CCC(=O)[C@@]1(C)[C@H](C)C[C@H]2[C@@H]3CCC4=CC(=O)C=C[C@]4(C)[C@H]3[C@@H](O)C[C@@]21C.CCOCCn1c(N2CCCN(C)CC2)nc2ccccc21. The lowest BCUT2D eigenvalue weighted by atomic mass is 9.44. The van der Waals surface area contributed by atoms with E-state index < -0.39 is 6.10 Å². The number of benzene rings is 1. The molecule has 5 aliphatic rings. The number of para-hydroxylation sites is 2. The van der Waals surface area contributed by atoms with E-state index >= 15 is 0 Å². The Kier molecular flexibility index (Phi) is 10.3. The number of aliphatic hydroxyl groups excluding tert-OH is 1. The monoisotopic (exact) mass is 672 g/mol. The van der Waals surface area contributed by atoms with Gasteiger partial charge in [0.1, 0.15) is 5.78 Å². The summed E-state index contributed by atoms with van der Waals surface area (Å²) in [6.07, 6.45) is 10.6. The molecule has 8 nitrogen and oxygen atoms in total. The Morgan fingerprint density at radius 3 is 2.63 bits per heavy atom. The maximum Gasteiger partial charge on any atom is 0.206 e. The molecule has 1 aromatic heterocycles. The van der Waals surface area contributed by atoms with E-state index in [1.807, 2.05) is 13.8 Å². The van der Waals surface area contributed by atoms with Crippen LogP contribution in [-0.2, 0) is 20.9 Å². The van der Waals surface area contributed by atoms with E-state index in [0.29, 0.717) is 36.4 Å². The fourth-order valence-corrected chi connectivity index (χ4v) is 10.9. The summed E-state index contributed by atoms with van der Waals surface area (Å²) < 4.78 is 7.88. The molecular formula is C41H60N4O4. The zero-order valence-electron chi connectivity index (χ0n) is 31.1. The minimum Gasteiger partial charge on any atom is -0.393 e. The number of aliphatic hydroxyl groups is 1. The Bertz CT molecular complexity index is 1600. The summed E-state index contributed by atoms with van der Waals surface area (Å²) in [5.74, 6) is 2.89. The standard InChI is InChI=1S/C24H34O3.C17H26N4O/c1-6-20(27)24(5)14(2)11-18-17-8-7-15-12-16(25)9-10-22(15,3)21(17)19(26)13-23(18,24)4;1-3-22-14-13-21-16-8-5-4-7-15(16)18-17(21)20-10-6-9-19(2)11-12-20/h9-10,12,14,17-19,21,26H,6-8,11,13H2,1-5H3;4-5,7-8H,3,6,9-14H2,1-2H3/t14-,17+,18+,19+,21-,22+,23+,24-;/m1./s1. The molecule has 0 radical (unpaired) electrons. The number of ether oxygens (including phenoxy) is 1. The van der Waals surface area contributed by atoms with Crippen LogP contribution in [0.3, 0.4) is 0 Å². The van der Waals surface area contributed by atoms with E-state index in [1.54, 1.807) is 12.2 Å². The van der Waals surface area contributed by atoms with Crippen LogP contribution in [0.1, 0.15) is 80.1 Å². The number of anilines is 1. The lowest BCUT2D eigenvalue weighted by Crippen LogP contribution is -2.58. The number of nitrogens with zero attached hydrogens (tertiary/aromatic N) is 4. The lowest BCUT2D eigenvalue weighted by Gasteiger charge is -2.60. The highest BCUT2D eigenvalue weighted by atomic mass is 16.5. The minimum atomic E-state index is -0.433. The van der Waals surface area contributed by atoms with Gasteiger partial charge in [-0.05, 0) is 100 Å². The van der Waals surface area contributed by atoms with Gasteiger partial charge in [0.25, 0.3) is 0 Å². The number of carbonyl (C=O) groups is 2. The molecule has 4 fully saturated rings. The number of Topliss-reactive ketones (excluding diaryl/α,β-unsaturated/α-hetero) is 1. The molecule has 0 bridgehead atoms. The van der Waals surface area contributed by atoms with Crippen molar-refractivity contribution in [3.8, 4) is 0 Å². The Labute approximate surface area is 294 Å². The highest BCUT2D eigenvalue weighted by Crippen LogP contribution is 2.71. The molecule has 1 N–H and O–H groups in total. The largest absolute Gasteiger partial charge is 0.393 e. The van der Waals surface area contributed by atoms with Gasteiger partial charge in [-0.15, -0.1) is 0 Å². The Morgan fingerprint density at radius 2 is 1.88 bits per heavy atom. The molecule has 7 rings (SSSR count). The summed E-state index contributed by atoms with van der Waals surface area (Å²) in [7, 11) is 2.20. The first-order chi connectivity index (χ1) is 23.4. The number of hydrogen-bond donors (Lipinski definition) is 1. The van der Waals surface area contributed by atoms with Gasteiger partial charge in [-0.3, -0.25) is 9.59 Å². The Hall–Kier alpha value is -2.81. The fourth-order valence-electron chi connectivity index (χ4n) is 10.9. The van der Waals surface area contributed by atoms with Gasteiger partial charge >= 0.3 is 0 Å². The molecule has 0 amide bonds. The zero-order valence-corrected chi connectivity index (χ0v) is 31.1. The first-order valence-corrected chi connectivity index (χ1v) is 19.0. The van der Waals surface area contributed by atoms with Crippen LogP contribution < -0.4 is 4.90 Å². The van der Waals surface area contributed by atoms with Gasteiger partial charge < -0.3 is 24.2 Å². The number of allylic oxidation sites excluding steroid dienone is 4. The fraction of sp³-hybridized carbons (Fsp3) is 0.683. The summed E-state index contributed by atoms with van der Waals surface area (Å²) in [6, 6.07) is 8.39. The summed E-state index contributed by atoms with van der Waals surface area (Å²) in [6.45, 7) is 19.6. The topological polar surface area (TPSA) is 87.9 Å². The van der Waals surface area contributed by atoms with Crippen molar-refractivity contribution in [1.29, 1.82) is 0 Å². The van der Waals surface area contributed by atoms with Crippen molar-refractivity contribution in [3.05, 3.63) is 48.1 Å². The molecule has 2 heterocycles. The molecule has 1 aliphatic heterocycles. The zero-order chi connectivity index (χ0) is 35.1. The molecule has 49 heavy (non-hydrogen) atoms. The van der Waals surface area contributed by atoms with Crippen LogP contribution in [0.15, 0.2) is 48.1 Å². The van der Waals surface area contributed by atoms with Gasteiger partial charge in [-0.25, -0.2) is 4.98 Å². The van der Waals surface area contributed by atoms with Crippen LogP contribution in [-0.4, -0.2) is 83.7 Å². The molecule has 268 valence electrons. The van der Waals surface area contributed by atoms with Crippen molar-refractivity contribution in [2.45, 2.75) is 92.7 Å². The molecule has 4 aliphatic carbocycles. The van der Waals surface area contributed by atoms with Crippen LogP contribution in [0.4, 0.5) is 5.95 Å². The highest BCUT2D eigenvalue weighted by molar-refractivity contribution is 6.01. The van der Waals surface area contributed by atoms with E-state index in [9.17, 15) is 14.7 Å². The van der Waals surface area contributed by atoms with Crippen LogP contribution in [0.25, 0.3) is 11.0 Å². The lowest BCUT2D eigenvalue weighted by molar-refractivity contribution is -0.155. The molecular weight excluding hydrogens is 612 g/mol. The number of ketones is 2. The third-order valence-electron chi connectivity index (χ3n) is 13.9. The molecule has 8 heteroatoms. The Morgan fingerprint density at radius 1 is 1.10 bits per heavy atom. The van der Waals surface area contributed by atoms with E-state index in [2.05, 4.69) is 79.5 Å². The molecule has 0 spiro atoms. The predicted molar refractivity (Wildman–Crippen MR) is 197 cm³/mol. The van der Waals surface area contributed by atoms with E-state index in [4.69, 9.17) is 9.72 Å². The van der Waals surface area contributed by atoms with Crippen molar-refractivity contribution in [3.63, 3.8) is 0 Å². The maximum atomic E-state index is 13.1. The summed E-state index contributed by atoms with van der Waals surface area (Å²) in [4.78, 5) is 34.7. The number of imidazole rings is 1. The third-order valence-corrected chi connectivity index (χ3v) is 13.9. The van der Waals surface area contributed by atoms with Gasteiger partial charge in [-0.2, -0.15) is 0 Å². The van der Waals surface area contributed by atoms with Crippen molar-refractivity contribution in [1.82, 2.24) is 14.5 Å². The third kappa shape index (κ3) is 6.14.